The van der Waals surface area contributed by atoms with Crippen LogP contribution in [-0.4, -0.2) is 76.0 Å². The number of anilines is 2. The molecule has 34 heavy (non-hydrogen) atoms. The van der Waals surface area contributed by atoms with Crippen LogP contribution in [0.2, 0.25) is 0 Å². The summed E-state index contributed by atoms with van der Waals surface area (Å²) in [7, 11) is -3.85. The predicted octanol–water partition coefficient (Wildman–Crippen LogP) is 2.29. The Kier molecular flexibility index (Phi) is 7.41. The standard InChI is InChI=1S/C22H27N5O6S/c1-17(18-2-4-19(5-3-18)25-8-12-32-13-9-25)23-24-21-7-6-20(16-22(21)27(28)29)34(30,31)26-10-14-33-15-11-26/h2-7,16,24H,8-15H2,1H3/b23-17+. The van der Waals surface area contributed by atoms with Crippen molar-refractivity contribution in [1.82, 2.24) is 4.31 Å². The van der Waals surface area contributed by atoms with Crippen molar-refractivity contribution in [2.75, 3.05) is 62.9 Å². The fourth-order valence-electron chi connectivity index (χ4n) is 3.80. The molecule has 0 spiro atoms. The van der Waals surface area contributed by atoms with Crippen LogP contribution in [0.25, 0.3) is 0 Å². The molecular weight excluding hydrogens is 462 g/mol. The second kappa shape index (κ2) is 10.5. The second-order valence-electron chi connectivity index (χ2n) is 7.91. The zero-order chi connectivity index (χ0) is 24.1. The van der Waals surface area contributed by atoms with Crippen molar-refractivity contribution in [2.24, 2.45) is 5.10 Å². The van der Waals surface area contributed by atoms with Crippen LogP contribution in [0.1, 0.15) is 12.5 Å². The normalized spacial score (nSPS) is 18.0. The maximum atomic E-state index is 12.9. The first-order chi connectivity index (χ1) is 16.4. The number of hydrazone groups is 1. The van der Waals surface area contributed by atoms with E-state index in [2.05, 4.69) is 15.4 Å². The van der Waals surface area contributed by atoms with Crippen molar-refractivity contribution >= 4 is 32.8 Å². The Morgan fingerprint density at radius 1 is 1.00 bits per heavy atom. The van der Waals surface area contributed by atoms with E-state index in [1.54, 1.807) is 6.92 Å². The number of rotatable bonds is 7. The summed E-state index contributed by atoms with van der Waals surface area (Å²) in [6.45, 7) is 5.90. The number of nitro benzene ring substituents is 1. The molecule has 2 aliphatic rings. The highest BCUT2D eigenvalue weighted by Crippen LogP contribution is 2.29. The minimum Gasteiger partial charge on any atom is -0.379 e. The van der Waals surface area contributed by atoms with Crippen LogP contribution >= 0.6 is 0 Å². The molecule has 2 aromatic rings. The van der Waals surface area contributed by atoms with Crippen LogP contribution in [0.3, 0.4) is 0 Å². The van der Waals surface area contributed by atoms with Crippen molar-refractivity contribution in [3.8, 4) is 0 Å². The molecule has 0 radical (unpaired) electrons. The van der Waals surface area contributed by atoms with Crippen LogP contribution < -0.4 is 10.3 Å². The van der Waals surface area contributed by atoms with Gasteiger partial charge in [0.15, 0.2) is 0 Å². The van der Waals surface area contributed by atoms with Crippen LogP contribution in [0, 0.1) is 10.1 Å². The van der Waals surface area contributed by atoms with E-state index in [4.69, 9.17) is 9.47 Å². The number of nitrogens with zero attached hydrogens (tertiary/aromatic N) is 4. The Morgan fingerprint density at radius 2 is 1.62 bits per heavy atom. The second-order valence-corrected chi connectivity index (χ2v) is 9.85. The number of benzene rings is 2. The molecule has 4 rings (SSSR count). The highest BCUT2D eigenvalue weighted by atomic mass is 32.2. The lowest BCUT2D eigenvalue weighted by atomic mass is 10.1. The highest BCUT2D eigenvalue weighted by Gasteiger charge is 2.29. The number of nitrogens with one attached hydrogen (secondary N) is 1. The molecule has 11 nitrogen and oxygen atoms in total. The van der Waals surface area contributed by atoms with Gasteiger partial charge in [0.05, 0.1) is 42.0 Å². The highest BCUT2D eigenvalue weighted by molar-refractivity contribution is 7.89. The molecule has 2 aromatic carbocycles. The summed E-state index contributed by atoms with van der Waals surface area (Å²) in [4.78, 5) is 13.1. The third-order valence-corrected chi connectivity index (χ3v) is 7.67. The number of hydrogen-bond donors (Lipinski definition) is 1. The molecular formula is C22H27N5O6S. The van der Waals surface area contributed by atoms with Gasteiger partial charge in [-0.3, -0.25) is 15.5 Å². The average Bonchev–Trinajstić information content (AvgIpc) is 2.88. The first kappa shape index (κ1) is 24.1. The van der Waals surface area contributed by atoms with Crippen LogP contribution in [0.4, 0.5) is 17.1 Å². The van der Waals surface area contributed by atoms with Gasteiger partial charge in [0.1, 0.15) is 5.69 Å². The van der Waals surface area contributed by atoms with E-state index in [0.29, 0.717) is 32.1 Å². The largest absolute Gasteiger partial charge is 0.379 e. The van der Waals surface area contributed by atoms with Gasteiger partial charge in [-0.2, -0.15) is 9.41 Å². The van der Waals surface area contributed by atoms with Gasteiger partial charge in [0.25, 0.3) is 5.69 Å². The molecule has 0 aromatic heterocycles. The Bertz CT molecular complexity index is 1160. The fraction of sp³-hybridized carbons (Fsp3) is 0.409. The zero-order valence-electron chi connectivity index (χ0n) is 18.8. The van der Waals surface area contributed by atoms with Crippen LogP contribution in [0.5, 0.6) is 0 Å². The van der Waals surface area contributed by atoms with Crippen molar-refractivity contribution in [3.05, 3.63) is 58.1 Å². The summed E-state index contributed by atoms with van der Waals surface area (Å²) in [5, 5.41) is 15.9. The van der Waals surface area contributed by atoms with Crippen molar-refractivity contribution in [1.29, 1.82) is 0 Å². The van der Waals surface area contributed by atoms with Gasteiger partial charge in [-0.25, -0.2) is 8.42 Å². The summed E-state index contributed by atoms with van der Waals surface area (Å²) < 4.78 is 37.6. The topological polar surface area (TPSA) is 127 Å². The summed E-state index contributed by atoms with van der Waals surface area (Å²) in [6.07, 6.45) is 0. The molecule has 0 aliphatic carbocycles. The minimum atomic E-state index is -3.85. The molecule has 2 heterocycles. The van der Waals surface area contributed by atoms with Crippen LogP contribution in [-0.2, 0) is 19.5 Å². The van der Waals surface area contributed by atoms with E-state index in [1.807, 2.05) is 24.3 Å². The lowest BCUT2D eigenvalue weighted by Crippen LogP contribution is -2.40. The molecule has 12 heteroatoms. The zero-order valence-corrected chi connectivity index (χ0v) is 19.7. The minimum absolute atomic E-state index is 0.107. The Morgan fingerprint density at radius 3 is 2.24 bits per heavy atom. The van der Waals surface area contributed by atoms with Gasteiger partial charge in [0, 0.05) is 37.9 Å². The average molecular weight is 490 g/mol. The van der Waals surface area contributed by atoms with Crippen molar-refractivity contribution < 1.29 is 22.8 Å². The monoisotopic (exact) mass is 489 g/mol. The van der Waals surface area contributed by atoms with Crippen LogP contribution in [0.15, 0.2) is 52.5 Å². The molecule has 2 fully saturated rings. The molecule has 2 aliphatic heterocycles. The molecule has 0 atom stereocenters. The van der Waals surface area contributed by atoms with Gasteiger partial charge < -0.3 is 14.4 Å². The number of ether oxygens (including phenoxy) is 2. The molecule has 0 bridgehead atoms. The summed E-state index contributed by atoms with van der Waals surface area (Å²) in [6, 6.07) is 11.7. The summed E-state index contributed by atoms with van der Waals surface area (Å²) in [5.41, 5.74) is 5.05. The van der Waals surface area contributed by atoms with Gasteiger partial charge >= 0.3 is 0 Å². The molecule has 182 valence electrons. The lowest BCUT2D eigenvalue weighted by molar-refractivity contribution is -0.384. The molecule has 1 N–H and O–H groups in total. The Hall–Kier alpha value is -3.06. The van der Waals surface area contributed by atoms with Gasteiger partial charge in [-0.1, -0.05) is 12.1 Å². The first-order valence-corrected chi connectivity index (χ1v) is 12.4. The third-order valence-electron chi connectivity index (χ3n) is 5.78. The van der Waals surface area contributed by atoms with E-state index < -0.39 is 14.9 Å². The fourth-order valence-corrected chi connectivity index (χ4v) is 5.23. The van der Waals surface area contributed by atoms with Gasteiger partial charge in [0.2, 0.25) is 10.0 Å². The summed E-state index contributed by atoms with van der Waals surface area (Å²) in [5.74, 6) is 0. The quantitative estimate of drug-likeness (QED) is 0.357. The Balaban J connectivity index is 1.51. The van der Waals surface area contributed by atoms with E-state index >= 15 is 0 Å². The number of nitro groups is 1. The van der Waals surface area contributed by atoms with Gasteiger partial charge in [-0.05, 0) is 36.8 Å². The number of hydrogen-bond acceptors (Lipinski definition) is 9. The van der Waals surface area contributed by atoms with Crippen molar-refractivity contribution in [3.63, 3.8) is 0 Å². The van der Waals surface area contributed by atoms with E-state index in [1.165, 1.54) is 16.4 Å². The maximum absolute atomic E-state index is 12.9. The predicted molar refractivity (Wildman–Crippen MR) is 128 cm³/mol. The number of sulfonamides is 1. The molecule has 0 saturated carbocycles. The van der Waals surface area contributed by atoms with E-state index in [0.717, 1.165) is 30.4 Å². The number of morpholine rings is 2. The lowest BCUT2D eigenvalue weighted by Gasteiger charge is -2.28. The summed E-state index contributed by atoms with van der Waals surface area (Å²) >= 11 is 0. The van der Waals surface area contributed by atoms with E-state index in [-0.39, 0.29) is 29.4 Å². The SMILES string of the molecule is C/C(=N\Nc1ccc(S(=O)(=O)N2CCOCC2)cc1[N+](=O)[O-])c1ccc(N2CCOCC2)cc1. The molecule has 0 amide bonds. The smallest absolute Gasteiger partial charge is 0.295 e. The Labute approximate surface area is 198 Å². The molecule has 0 unspecified atom stereocenters. The third kappa shape index (κ3) is 5.36. The van der Waals surface area contributed by atoms with E-state index in [9.17, 15) is 18.5 Å². The van der Waals surface area contributed by atoms with Crippen molar-refractivity contribution in [2.45, 2.75) is 11.8 Å². The maximum Gasteiger partial charge on any atom is 0.295 e. The van der Waals surface area contributed by atoms with Gasteiger partial charge in [-0.15, -0.1) is 0 Å². The first-order valence-electron chi connectivity index (χ1n) is 11.0. The molecule has 2 saturated heterocycles.